The van der Waals surface area contributed by atoms with Crippen molar-refractivity contribution in [1.29, 1.82) is 0 Å². The Morgan fingerprint density at radius 1 is 1.53 bits per heavy atom. The SMILES string of the molecule is Cc1cc(F)c(CC2CCCN2)cc1Cl. The van der Waals surface area contributed by atoms with Crippen LogP contribution in [0.4, 0.5) is 4.39 Å². The van der Waals surface area contributed by atoms with Gasteiger partial charge in [-0.2, -0.15) is 0 Å². The molecule has 0 aromatic heterocycles. The fraction of sp³-hybridized carbons (Fsp3) is 0.500. The highest BCUT2D eigenvalue weighted by molar-refractivity contribution is 6.31. The molecule has 2 rings (SSSR count). The van der Waals surface area contributed by atoms with E-state index in [4.69, 9.17) is 11.6 Å². The van der Waals surface area contributed by atoms with Gasteiger partial charge in [-0.3, -0.25) is 0 Å². The predicted octanol–water partition coefficient (Wildman–Crippen LogP) is 3.08. The molecule has 0 spiro atoms. The maximum atomic E-state index is 13.6. The zero-order chi connectivity index (χ0) is 10.8. The Kier molecular flexibility index (Phi) is 3.27. The Labute approximate surface area is 94.6 Å². The summed E-state index contributed by atoms with van der Waals surface area (Å²) in [6.45, 7) is 2.87. The van der Waals surface area contributed by atoms with Crippen LogP contribution >= 0.6 is 11.6 Å². The molecule has 1 aliphatic heterocycles. The second-order valence-corrected chi connectivity index (χ2v) is 4.60. The molecule has 0 radical (unpaired) electrons. The number of hydrogen-bond acceptors (Lipinski definition) is 1. The number of benzene rings is 1. The topological polar surface area (TPSA) is 12.0 Å². The van der Waals surface area contributed by atoms with E-state index in [-0.39, 0.29) is 5.82 Å². The summed E-state index contributed by atoms with van der Waals surface area (Å²) in [4.78, 5) is 0. The van der Waals surface area contributed by atoms with Crippen molar-refractivity contribution in [3.05, 3.63) is 34.1 Å². The molecule has 0 aliphatic carbocycles. The third-order valence-electron chi connectivity index (χ3n) is 2.96. The summed E-state index contributed by atoms with van der Waals surface area (Å²) in [6.07, 6.45) is 3.06. The Morgan fingerprint density at radius 3 is 3.00 bits per heavy atom. The number of nitrogens with one attached hydrogen (secondary N) is 1. The molecular formula is C12H15ClFN. The zero-order valence-electron chi connectivity index (χ0n) is 8.82. The fourth-order valence-electron chi connectivity index (χ4n) is 2.04. The molecule has 1 aliphatic rings. The highest BCUT2D eigenvalue weighted by Gasteiger charge is 2.16. The average molecular weight is 228 g/mol. The van der Waals surface area contributed by atoms with E-state index in [1.165, 1.54) is 12.5 Å². The van der Waals surface area contributed by atoms with E-state index in [1.807, 2.05) is 6.92 Å². The molecule has 1 aromatic rings. The van der Waals surface area contributed by atoms with Crippen LogP contribution in [0.25, 0.3) is 0 Å². The van der Waals surface area contributed by atoms with E-state index in [1.54, 1.807) is 6.07 Å². The van der Waals surface area contributed by atoms with Gasteiger partial charge < -0.3 is 5.32 Å². The summed E-state index contributed by atoms with van der Waals surface area (Å²) in [5.41, 5.74) is 1.53. The van der Waals surface area contributed by atoms with Crippen molar-refractivity contribution in [2.24, 2.45) is 0 Å². The second kappa shape index (κ2) is 4.50. The molecule has 1 aromatic carbocycles. The van der Waals surface area contributed by atoms with Crippen LogP contribution in [0, 0.1) is 12.7 Å². The molecule has 1 unspecified atom stereocenters. The molecule has 1 N–H and O–H groups in total. The van der Waals surface area contributed by atoms with Gasteiger partial charge in [0.1, 0.15) is 5.82 Å². The minimum absolute atomic E-state index is 0.134. The molecule has 15 heavy (non-hydrogen) atoms. The lowest BCUT2D eigenvalue weighted by Crippen LogP contribution is -2.24. The first-order valence-electron chi connectivity index (χ1n) is 5.34. The van der Waals surface area contributed by atoms with Crippen molar-refractivity contribution < 1.29 is 4.39 Å². The zero-order valence-corrected chi connectivity index (χ0v) is 9.57. The minimum Gasteiger partial charge on any atom is -0.314 e. The van der Waals surface area contributed by atoms with Crippen LogP contribution in [0.3, 0.4) is 0 Å². The van der Waals surface area contributed by atoms with Crippen LogP contribution in [-0.4, -0.2) is 12.6 Å². The molecule has 1 fully saturated rings. The highest BCUT2D eigenvalue weighted by atomic mass is 35.5. The van der Waals surface area contributed by atoms with Crippen LogP contribution in [0.5, 0.6) is 0 Å². The third-order valence-corrected chi connectivity index (χ3v) is 3.36. The first-order chi connectivity index (χ1) is 7.16. The van der Waals surface area contributed by atoms with Gasteiger partial charge in [0.15, 0.2) is 0 Å². The smallest absolute Gasteiger partial charge is 0.126 e. The van der Waals surface area contributed by atoms with Gasteiger partial charge in [-0.25, -0.2) is 4.39 Å². The van der Waals surface area contributed by atoms with E-state index in [0.717, 1.165) is 30.5 Å². The maximum absolute atomic E-state index is 13.6. The van der Waals surface area contributed by atoms with Gasteiger partial charge in [-0.05, 0) is 56.0 Å². The summed E-state index contributed by atoms with van der Waals surface area (Å²) in [6, 6.07) is 3.69. The van der Waals surface area contributed by atoms with Crippen molar-refractivity contribution in [3.63, 3.8) is 0 Å². The van der Waals surface area contributed by atoms with E-state index in [2.05, 4.69) is 5.32 Å². The Balaban J connectivity index is 2.16. The van der Waals surface area contributed by atoms with Gasteiger partial charge in [-0.15, -0.1) is 0 Å². The Bertz CT molecular complexity index is 359. The van der Waals surface area contributed by atoms with Crippen molar-refractivity contribution in [2.75, 3.05) is 6.54 Å². The first kappa shape index (κ1) is 10.9. The van der Waals surface area contributed by atoms with E-state index >= 15 is 0 Å². The van der Waals surface area contributed by atoms with Crippen molar-refractivity contribution in [3.8, 4) is 0 Å². The van der Waals surface area contributed by atoms with Crippen molar-refractivity contribution in [2.45, 2.75) is 32.2 Å². The average Bonchev–Trinajstić information content (AvgIpc) is 2.67. The largest absolute Gasteiger partial charge is 0.314 e. The predicted molar refractivity (Wildman–Crippen MR) is 60.9 cm³/mol. The number of aryl methyl sites for hydroxylation is 1. The molecule has 1 saturated heterocycles. The van der Waals surface area contributed by atoms with Crippen molar-refractivity contribution in [1.82, 2.24) is 5.32 Å². The van der Waals surface area contributed by atoms with Gasteiger partial charge >= 0.3 is 0 Å². The first-order valence-corrected chi connectivity index (χ1v) is 5.72. The monoisotopic (exact) mass is 227 g/mol. The van der Waals surface area contributed by atoms with E-state index in [0.29, 0.717) is 11.1 Å². The van der Waals surface area contributed by atoms with Crippen LogP contribution in [-0.2, 0) is 6.42 Å². The molecule has 0 amide bonds. The summed E-state index contributed by atoms with van der Waals surface area (Å²) >= 11 is 5.98. The molecular weight excluding hydrogens is 213 g/mol. The minimum atomic E-state index is -0.134. The lowest BCUT2D eigenvalue weighted by molar-refractivity contribution is 0.560. The van der Waals surface area contributed by atoms with Gasteiger partial charge in [0.25, 0.3) is 0 Å². The summed E-state index contributed by atoms with van der Waals surface area (Å²) < 4.78 is 13.6. The highest BCUT2D eigenvalue weighted by Crippen LogP contribution is 2.22. The Morgan fingerprint density at radius 2 is 2.33 bits per heavy atom. The fourth-order valence-corrected chi connectivity index (χ4v) is 2.23. The second-order valence-electron chi connectivity index (χ2n) is 4.19. The van der Waals surface area contributed by atoms with Gasteiger partial charge in [0.05, 0.1) is 0 Å². The van der Waals surface area contributed by atoms with Gasteiger partial charge in [0.2, 0.25) is 0 Å². The molecule has 0 saturated carbocycles. The number of hydrogen-bond donors (Lipinski definition) is 1. The number of rotatable bonds is 2. The van der Waals surface area contributed by atoms with Crippen LogP contribution < -0.4 is 5.32 Å². The van der Waals surface area contributed by atoms with Crippen molar-refractivity contribution >= 4 is 11.6 Å². The molecule has 1 heterocycles. The third kappa shape index (κ3) is 2.50. The lowest BCUT2D eigenvalue weighted by Gasteiger charge is -2.11. The van der Waals surface area contributed by atoms with E-state index < -0.39 is 0 Å². The quantitative estimate of drug-likeness (QED) is 0.819. The summed E-state index contributed by atoms with van der Waals surface area (Å²) in [5, 5.41) is 4.01. The van der Waals surface area contributed by atoms with E-state index in [9.17, 15) is 4.39 Å². The molecule has 82 valence electrons. The maximum Gasteiger partial charge on any atom is 0.126 e. The molecule has 1 nitrogen and oxygen atoms in total. The summed E-state index contributed by atoms with van der Waals surface area (Å²) in [7, 11) is 0. The normalized spacial score (nSPS) is 20.9. The van der Waals surface area contributed by atoms with Crippen LogP contribution in [0.1, 0.15) is 24.0 Å². The summed E-state index contributed by atoms with van der Waals surface area (Å²) in [5.74, 6) is -0.134. The molecule has 1 atom stereocenters. The molecule has 3 heteroatoms. The van der Waals surface area contributed by atoms with Crippen LogP contribution in [0.15, 0.2) is 12.1 Å². The van der Waals surface area contributed by atoms with Crippen LogP contribution in [0.2, 0.25) is 5.02 Å². The standard InChI is InChI=1S/C12H15ClFN/c1-8-5-12(14)9(7-11(8)13)6-10-3-2-4-15-10/h5,7,10,15H,2-4,6H2,1H3. The lowest BCUT2D eigenvalue weighted by atomic mass is 10.0. The Hall–Kier alpha value is -0.600. The number of halogens is 2. The van der Waals surface area contributed by atoms with Gasteiger partial charge in [0, 0.05) is 11.1 Å². The molecule has 0 bridgehead atoms. The van der Waals surface area contributed by atoms with Gasteiger partial charge in [-0.1, -0.05) is 11.6 Å².